The highest BCUT2D eigenvalue weighted by atomic mass is 35.5. The number of carbonyl (C=O) groups excluding carboxylic acids is 1. The van der Waals surface area contributed by atoms with Crippen molar-refractivity contribution >= 4 is 47.1 Å². The normalized spacial score (nSPS) is 16.4. The van der Waals surface area contributed by atoms with Crippen LogP contribution in [0.15, 0.2) is 22.7 Å². The Bertz CT molecular complexity index is 918. The van der Waals surface area contributed by atoms with Crippen LogP contribution in [0.1, 0.15) is 24.8 Å². The Morgan fingerprint density at radius 1 is 1.26 bits per heavy atom. The van der Waals surface area contributed by atoms with Crippen molar-refractivity contribution in [1.82, 2.24) is 5.32 Å². The molecule has 0 aliphatic carbocycles. The topological polar surface area (TPSA) is 140 Å². The molecule has 0 saturated heterocycles. The summed E-state index contributed by atoms with van der Waals surface area (Å²) in [4.78, 5) is 27.8. The monoisotopic (exact) mass is 482 g/mol. The third-order valence-corrected chi connectivity index (χ3v) is 4.72. The molecule has 1 aliphatic heterocycles. The maximum absolute atomic E-state index is 13.5. The molecule has 1 aromatic carbocycles. The van der Waals surface area contributed by atoms with Gasteiger partial charge in [-0.3, -0.25) is 9.79 Å². The first-order chi connectivity index (χ1) is 14.4. The molecule has 0 saturated carbocycles. The van der Waals surface area contributed by atoms with Gasteiger partial charge >= 0.3 is 12.1 Å². The maximum atomic E-state index is 13.5. The molecular weight excluding hydrogens is 464 g/mol. The first-order valence-electron chi connectivity index (χ1n) is 8.93. The van der Waals surface area contributed by atoms with E-state index >= 15 is 0 Å². The molecular formula is C18H19Cl2F3N4O4. The molecule has 1 amide bonds. The number of aliphatic imine (C=N–C) groups is 1. The lowest BCUT2D eigenvalue weighted by molar-refractivity contribution is -0.185. The number of carboxylic acid groups (broad SMARTS) is 1. The highest BCUT2D eigenvalue weighted by Gasteiger charge is 2.49. The highest BCUT2D eigenvalue weighted by Crippen LogP contribution is 2.42. The zero-order chi connectivity index (χ0) is 23.3. The van der Waals surface area contributed by atoms with Gasteiger partial charge in [0, 0.05) is 17.1 Å². The quantitative estimate of drug-likeness (QED) is 0.255. The van der Waals surface area contributed by atoms with Crippen LogP contribution in [-0.4, -0.2) is 47.8 Å². The number of carboxylic acids is 1. The van der Waals surface area contributed by atoms with E-state index in [2.05, 4.69) is 10.3 Å². The van der Waals surface area contributed by atoms with Crippen LogP contribution in [0.5, 0.6) is 5.75 Å². The van der Waals surface area contributed by atoms with Gasteiger partial charge in [0.2, 0.25) is 6.10 Å². The van der Waals surface area contributed by atoms with Crippen molar-refractivity contribution in [3.05, 3.63) is 33.3 Å². The fourth-order valence-electron chi connectivity index (χ4n) is 2.83. The number of hydrogen-bond acceptors (Lipinski definition) is 4. The summed E-state index contributed by atoms with van der Waals surface area (Å²) in [6, 6.07) is 1.06. The van der Waals surface area contributed by atoms with Gasteiger partial charge in [-0.15, -0.1) is 0 Å². The van der Waals surface area contributed by atoms with Crippen molar-refractivity contribution < 1.29 is 32.6 Å². The van der Waals surface area contributed by atoms with Gasteiger partial charge in [-0.25, -0.2) is 4.79 Å². The minimum atomic E-state index is -4.96. The molecule has 2 rings (SSSR count). The van der Waals surface area contributed by atoms with Gasteiger partial charge in [0.15, 0.2) is 5.96 Å². The molecule has 0 aromatic heterocycles. The van der Waals surface area contributed by atoms with E-state index in [0.29, 0.717) is 12.8 Å². The summed E-state index contributed by atoms with van der Waals surface area (Å²) < 4.78 is 45.6. The summed E-state index contributed by atoms with van der Waals surface area (Å²) >= 11 is 11.8. The minimum absolute atomic E-state index is 0.0415. The highest BCUT2D eigenvalue weighted by molar-refractivity contribution is 6.36. The SMILES string of the molecule is NC(N)=NCCCC[C@H](NC(=O)C1=Cc2cc(Cl)cc(Cl)c2O[C@@H]1C(F)(F)F)C(=O)O. The maximum Gasteiger partial charge on any atom is 0.429 e. The summed E-state index contributed by atoms with van der Waals surface area (Å²) in [7, 11) is 0. The zero-order valence-electron chi connectivity index (χ0n) is 15.9. The van der Waals surface area contributed by atoms with Crippen molar-refractivity contribution in [2.24, 2.45) is 16.5 Å². The van der Waals surface area contributed by atoms with E-state index in [0.717, 1.165) is 6.08 Å². The number of nitrogens with zero attached hydrogens (tertiary/aromatic N) is 1. The lowest BCUT2D eigenvalue weighted by Crippen LogP contribution is -2.47. The van der Waals surface area contributed by atoms with Crippen LogP contribution < -0.4 is 21.5 Å². The van der Waals surface area contributed by atoms with E-state index in [4.69, 9.17) is 39.4 Å². The Morgan fingerprint density at radius 3 is 2.52 bits per heavy atom. The molecule has 170 valence electrons. The van der Waals surface area contributed by atoms with E-state index in [-0.39, 0.29) is 40.3 Å². The number of amides is 1. The molecule has 1 aliphatic rings. The van der Waals surface area contributed by atoms with Gasteiger partial charge < -0.3 is 26.6 Å². The standard InChI is InChI=1S/C18H19Cl2F3N4O4/c19-9-5-8-6-10(14(18(21,22)23)31-13(8)11(20)7-9)15(28)27-12(16(29)30)3-1-2-4-26-17(24)25/h5-7,12,14H,1-4H2,(H,27,28)(H,29,30)(H4,24,25,26)/t12-,14-/m0/s1. The molecule has 0 unspecified atom stereocenters. The number of guanidine groups is 1. The van der Waals surface area contributed by atoms with Gasteiger partial charge in [0.05, 0.1) is 10.6 Å². The second-order valence-corrected chi connectivity index (χ2v) is 7.46. The predicted octanol–water partition coefficient (Wildman–Crippen LogP) is 2.71. The first-order valence-corrected chi connectivity index (χ1v) is 9.68. The second kappa shape index (κ2) is 10.1. The summed E-state index contributed by atoms with van der Waals surface area (Å²) in [5.41, 5.74) is 9.61. The van der Waals surface area contributed by atoms with Crippen LogP contribution in [0.25, 0.3) is 6.08 Å². The largest absolute Gasteiger partial charge is 0.480 e. The summed E-state index contributed by atoms with van der Waals surface area (Å²) in [5.74, 6) is -3.03. The van der Waals surface area contributed by atoms with E-state index in [1.54, 1.807) is 0 Å². The summed E-state index contributed by atoms with van der Waals surface area (Å²) in [6.45, 7) is 0.246. The fourth-order valence-corrected chi connectivity index (χ4v) is 3.39. The number of halogens is 5. The van der Waals surface area contributed by atoms with E-state index in [9.17, 15) is 27.9 Å². The number of nitrogens with two attached hydrogens (primary N) is 2. The van der Waals surface area contributed by atoms with E-state index in [1.807, 2.05) is 0 Å². The van der Waals surface area contributed by atoms with Crippen LogP contribution in [0, 0.1) is 0 Å². The minimum Gasteiger partial charge on any atom is -0.480 e. The van der Waals surface area contributed by atoms with Gasteiger partial charge in [-0.05, 0) is 37.5 Å². The molecule has 0 fully saturated rings. The molecule has 6 N–H and O–H groups in total. The Morgan fingerprint density at radius 2 is 1.94 bits per heavy atom. The number of rotatable bonds is 8. The molecule has 0 spiro atoms. The van der Waals surface area contributed by atoms with Crippen molar-refractivity contribution in [3.63, 3.8) is 0 Å². The third kappa shape index (κ3) is 6.66. The lowest BCUT2D eigenvalue weighted by Gasteiger charge is -2.29. The van der Waals surface area contributed by atoms with Gasteiger partial charge in [-0.2, -0.15) is 13.2 Å². The number of carbonyl (C=O) groups is 2. The average molecular weight is 483 g/mol. The number of benzene rings is 1. The Balaban J connectivity index is 2.23. The molecule has 8 nitrogen and oxygen atoms in total. The van der Waals surface area contributed by atoms with Crippen molar-refractivity contribution in [2.75, 3.05) is 6.54 Å². The molecule has 2 atom stereocenters. The average Bonchev–Trinajstić information content (AvgIpc) is 2.64. The van der Waals surface area contributed by atoms with Gasteiger partial charge in [0.25, 0.3) is 5.91 Å². The Kier molecular flexibility index (Phi) is 8.02. The molecule has 13 heteroatoms. The van der Waals surface area contributed by atoms with Gasteiger partial charge in [-0.1, -0.05) is 23.2 Å². The van der Waals surface area contributed by atoms with Crippen LogP contribution in [0.3, 0.4) is 0 Å². The van der Waals surface area contributed by atoms with Crippen molar-refractivity contribution in [3.8, 4) is 5.75 Å². The number of alkyl halides is 3. The third-order valence-electron chi connectivity index (χ3n) is 4.22. The Hall–Kier alpha value is -2.66. The predicted molar refractivity (Wildman–Crippen MR) is 109 cm³/mol. The van der Waals surface area contributed by atoms with Gasteiger partial charge in [0.1, 0.15) is 11.8 Å². The number of fused-ring (bicyclic) bond motifs is 1. The second-order valence-electron chi connectivity index (χ2n) is 6.61. The van der Waals surface area contributed by atoms with Crippen LogP contribution in [0.2, 0.25) is 10.0 Å². The first kappa shape index (κ1) is 24.6. The number of unbranched alkanes of at least 4 members (excludes halogenated alkanes) is 1. The number of aliphatic carboxylic acids is 1. The molecule has 0 radical (unpaired) electrons. The Labute approximate surface area is 185 Å². The molecule has 31 heavy (non-hydrogen) atoms. The molecule has 1 heterocycles. The lowest BCUT2D eigenvalue weighted by atomic mass is 9.99. The molecule has 0 bridgehead atoms. The van der Waals surface area contributed by atoms with Crippen LogP contribution in [0.4, 0.5) is 13.2 Å². The molecule has 1 aromatic rings. The van der Waals surface area contributed by atoms with Crippen molar-refractivity contribution in [1.29, 1.82) is 0 Å². The van der Waals surface area contributed by atoms with Crippen molar-refractivity contribution in [2.45, 2.75) is 37.6 Å². The van der Waals surface area contributed by atoms with Crippen LogP contribution in [-0.2, 0) is 9.59 Å². The smallest absolute Gasteiger partial charge is 0.429 e. The van der Waals surface area contributed by atoms with E-state index in [1.165, 1.54) is 12.1 Å². The summed E-state index contributed by atoms with van der Waals surface area (Å²) in [5, 5.41) is 11.4. The zero-order valence-corrected chi connectivity index (χ0v) is 17.4. The van der Waals surface area contributed by atoms with E-state index < -0.39 is 35.8 Å². The van der Waals surface area contributed by atoms with Crippen LogP contribution >= 0.6 is 23.2 Å². The number of nitrogens with one attached hydrogen (secondary N) is 1. The number of ether oxygens (including phenoxy) is 1. The fraction of sp³-hybridized carbons (Fsp3) is 0.389. The number of hydrogen-bond donors (Lipinski definition) is 4. The summed E-state index contributed by atoms with van der Waals surface area (Å²) in [6.07, 6.45) is -5.97.